The molecule has 1 aromatic rings. The molecule has 1 aliphatic rings. The van der Waals surface area contributed by atoms with Crippen molar-refractivity contribution in [1.82, 2.24) is 4.90 Å². The summed E-state index contributed by atoms with van der Waals surface area (Å²) in [5.41, 5.74) is 3.07. The van der Waals surface area contributed by atoms with E-state index in [1.165, 1.54) is 18.4 Å². The Balaban J connectivity index is 2.42. The van der Waals surface area contributed by atoms with Crippen molar-refractivity contribution < 1.29 is 10.2 Å². The minimum absolute atomic E-state index is 0.0988. The first-order valence-electron chi connectivity index (χ1n) is 9.26. The van der Waals surface area contributed by atoms with Crippen LogP contribution in [0.25, 0.3) is 0 Å². The van der Waals surface area contributed by atoms with Gasteiger partial charge in [-0.25, -0.2) is 0 Å². The molecule has 0 aromatic heterocycles. The van der Waals surface area contributed by atoms with Gasteiger partial charge in [-0.05, 0) is 46.9 Å². The zero-order valence-corrected chi connectivity index (χ0v) is 16.3. The van der Waals surface area contributed by atoms with Crippen LogP contribution in [0.5, 0.6) is 5.75 Å². The number of hydrogen-bond donors (Lipinski definition) is 2. The van der Waals surface area contributed by atoms with Crippen LogP contribution < -0.4 is 0 Å². The van der Waals surface area contributed by atoms with Gasteiger partial charge in [0.2, 0.25) is 0 Å². The molecule has 0 radical (unpaired) electrons. The van der Waals surface area contributed by atoms with Crippen LogP contribution >= 0.6 is 0 Å². The standard InChI is InChI=1S/C21H35NO2/c1-20(2,3)17-11-15(12-18(19(17)24)21(4,5)6)13-22-10-8-7-9-16(22)14-23/h11-12,16,23-24H,7-10,13-14H2,1-6H3. The average Bonchev–Trinajstić information content (AvgIpc) is 2.47. The number of phenols is 1. The predicted molar refractivity (Wildman–Crippen MR) is 101 cm³/mol. The number of piperidine rings is 1. The van der Waals surface area contributed by atoms with E-state index in [0.29, 0.717) is 5.75 Å². The van der Waals surface area contributed by atoms with E-state index < -0.39 is 0 Å². The van der Waals surface area contributed by atoms with Gasteiger partial charge in [0.05, 0.1) is 6.61 Å². The molecule has 1 aliphatic heterocycles. The fourth-order valence-corrected chi connectivity index (χ4v) is 3.64. The number of phenolic OH excluding ortho intramolecular Hbond substituents is 1. The van der Waals surface area contributed by atoms with Crippen molar-refractivity contribution in [2.24, 2.45) is 0 Å². The van der Waals surface area contributed by atoms with E-state index in [1.54, 1.807) is 0 Å². The molecule has 2 N–H and O–H groups in total. The topological polar surface area (TPSA) is 43.7 Å². The van der Waals surface area contributed by atoms with E-state index >= 15 is 0 Å². The molecule has 0 aliphatic carbocycles. The molecule has 3 nitrogen and oxygen atoms in total. The second-order valence-corrected chi connectivity index (χ2v) is 9.34. The lowest BCUT2D eigenvalue weighted by Gasteiger charge is -2.35. The molecular weight excluding hydrogens is 298 g/mol. The third kappa shape index (κ3) is 4.31. The molecule has 1 unspecified atom stereocenters. The molecular formula is C21H35NO2. The number of nitrogens with zero attached hydrogens (tertiary/aromatic N) is 1. The van der Waals surface area contributed by atoms with Gasteiger partial charge < -0.3 is 10.2 Å². The Hall–Kier alpha value is -1.06. The van der Waals surface area contributed by atoms with Crippen molar-refractivity contribution in [1.29, 1.82) is 0 Å². The first-order chi connectivity index (χ1) is 11.0. The maximum Gasteiger partial charge on any atom is 0.123 e. The predicted octanol–water partition coefficient (Wildman–Crippen LogP) is 4.33. The van der Waals surface area contributed by atoms with Crippen LogP contribution in [0.1, 0.15) is 77.5 Å². The lowest BCUT2D eigenvalue weighted by molar-refractivity contribution is 0.0840. The van der Waals surface area contributed by atoms with Gasteiger partial charge in [0.15, 0.2) is 0 Å². The number of aromatic hydroxyl groups is 1. The maximum atomic E-state index is 10.8. The van der Waals surface area contributed by atoms with Crippen LogP contribution in [0.15, 0.2) is 12.1 Å². The minimum atomic E-state index is -0.0988. The van der Waals surface area contributed by atoms with Crippen LogP contribution in [-0.2, 0) is 17.4 Å². The van der Waals surface area contributed by atoms with Gasteiger partial charge in [-0.3, -0.25) is 4.90 Å². The molecule has 136 valence electrons. The Labute approximate surface area is 147 Å². The number of aliphatic hydroxyl groups excluding tert-OH is 1. The maximum absolute atomic E-state index is 10.8. The highest BCUT2D eigenvalue weighted by Gasteiger charge is 2.28. The monoisotopic (exact) mass is 333 g/mol. The third-order valence-corrected chi connectivity index (χ3v) is 5.13. The summed E-state index contributed by atoms with van der Waals surface area (Å²) in [5.74, 6) is 0.441. The molecule has 1 atom stereocenters. The summed E-state index contributed by atoms with van der Waals surface area (Å²) in [6.45, 7) is 15.0. The Morgan fingerprint density at radius 1 is 1.00 bits per heavy atom. The molecule has 1 aromatic carbocycles. The van der Waals surface area contributed by atoms with E-state index in [4.69, 9.17) is 0 Å². The molecule has 1 saturated heterocycles. The molecule has 0 bridgehead atoms. The van der Waals surface area contributed by atoms with E-state index in [2.05, 4.69) is 58.6 Å². The Morgan fingerprint density at radius 2 is 1.54 bits per heavy atom. The highest BCUT2D eigenvalue weighted by Crippen LogP contribution is 2.40. The molecule has 24 heavy (non-hydrogen) atoms. The highest BCUT2D eigenvalue weighted by atomic mass is 16.3. The summed E-state index contributed by atoms with van der Waals surface area (Å²) in [5, 5.41) is 20.5. The summed E-state index contributed by atoms with van der Waals surface area (Å²) in [6, 6.07) is 4.59. The van der Waals surface area contributed by atoms with Crippen molar-refractivity contribution >= 4 is 0 Å². The number of hydrogen-bond acceptors (Lipinski definition) is 3. The van der Waals surface area contributed by atoms with Crippen molar-refractivity contribution in [2.75, 3.05) is 13.2 Å². The normalized spacial score (nSPS) is 20.4. The van der Waals surface area contributed by atoms with Crippen LogP contribution in [0, 0.1) is 0 Å². The molecule has 0 amide bonds. The second-order valence-electron chi connectivity index (χ2n) is 9.34. The summed E-state index contributed by atoms with van der Waals surface area (Å²) in [6.07, 6.45) is 3.48. The van der Waals surface area contributed by atoms with Crippen molar-refractivity contribution in [3.8, 4) is 5.75 Å². The molecule has 0 saturated carbocycles. The number of likely N-dealkylation sites (tertiary alicyclic amines) is 1. The SMILES string of the molecule is CC(C)(C)c1cc(CN2CCCCC2CO)cc(C(C)(C)C)c1O. The second kappa shape index (κ2) is 7.05. The molecule has 0 spiro atoms. The zero-order valence-electron chi connectivity index (χ0n) is 16.3. The fraction of sp³-hybridized carbons (Fsp3) is 0.714. The molecule has 2 rings (SSSR count). The summed E-state index contributed by atoms with van der Waals surface area (Å²) < 4.78 is 0. The van der Waals surface area contributed by atoms with Crippen molar-refractivity contribution in [2.45, 2.75) is 84.2 Å². The average molecular weight is 334 g/mol. The van der Waals surface area contributed by atoms with Crippen LogP contribution in [-0.4, -0.2) is 34.3 Å². The van der Waals surface area contributed by atoms with Gasteiger partial charge in [-0.1, -0.05) is 60.1 Å². The lowest BCUT2D eigenvalue weighted by Crippen LogP contribution is -2.41. The van der Waals surface area contributed by atoms with Crippen molar-refractivity contribution in [3.05, 3.63) is 28.8 Å². The Bertz CT molecular complexity index is 531. The van der Waals surface area contributed by atoms with E-state index in [1.807, 2.05) is 0 Å². The number of aliphatic hydroxyl groups is 1. The van der Waals surface area contributed by atoms with Gasteiger partial charge in [0.1, 0.15) is 5.75 Å². The van der Waals surface area contributed by atoms with Gasteiger partial charge in [0.25, 0.3) is 0 Å². The van der Waals surface area contributed by atoms with Gasteiger partial charge in [-0.2, -0.15) is 0 Å². The third-order valence-electron chi connectivity index (χ3n) is 5.13. The van der Waals surface area contributed by atoms with Crippen LogP contribution in [0.3, 0.4) is 0 Å². The molecule has 3 heteroatoms. The summed E-state index contributed by atoms with van der Waals surface area (Å²) >= 11 is 0. The van der Waals surface area contributed by atoms with Gasteiger partial charge in [0, 0.05) is 12.6 Å². The largest absolute Gasteiger partial charge is 0.507 e. The Kier molecular flexibility index (Phi) is 5.66. The first-order valence-corrected chi connectivity index (χ1v) is 9.26. The smallest absolute Gasteiger partial charge is 0.123 e. The van der Waals surface area contributed by atoms with Crippen molar-refractivity contribution in [3.63, 3.8) is 0 Å². The van der Waals surface area contributed by atoms with E-state index in [-0.39, 0.29) is 23.5 Å². The van der Waals surface area contributed by atoms with Gasteiger partial charge in [-0.15, -0.1) is 0 Å². The highest BCUT2D eigenvalue weighted by molar-refractivity contribution is 5.49. The van der Waals surface area contributed by atoms with E-state index in [9.17, 15) is 10.2 Å². The summed E-state index contributed by atoms with van der Waals surface area (Å²) in [4.78, 5) is 2.40. The molecule has 1 fully saturated rings. The number of rotatable bonds is 3. The minimum Gasteiger partial charge on any atom is -0.507 e. The van der Waals surface area contributed by atoms with Gasteiger partial charge >= 0.3 is 0 Å². The Morgan fingerprint density at radius 3 is 2.00 bits per heavy atom. The van der Waals surface area contributed by atoms with Crippen LogP contribution in [0.2, 0.25) is 0 Å². The quantitative estimate of drug-likeness (QED) is 0.865. The zero-order chi connectivity index (χ0) is 18.1. The summed E-state index contributed by atoms with van der Waals surface area (Å²) in [7, 11) is 0. The van der Waals surface area contributed by atoms with E-state index in [0.717, 1.165) is 30.6 Å². The number of benzene rings is 1. The fourth-order valence-electron chi connectivity index (χ4n) is 3.64. The first kappa shape index (κ1) is 19.3. The molecule has 1 heterocycles. The lowest BCUT2D eigenvalue weighted by atomic mass is 9.78. The van der Waals surface area contributed by atoms with Crippen LogP contribution in [0.4, 0.5) is 0 Å².